The van der Waals surface area contributed by atoms with Gasteiger partial charge in [0.25, 0.3) is 5.69 Å². The van der Waals surface area contributed by atoms with Crippen molar-refractivity contribution in [2.45, 2.75) is 70.1 Å². The molecule has 0 aromatic carbocycles. The summed E-state index contributed by atoms with van der Waals surface area (Å²) in [5.41, 5.74) is 0.357. The topological polar surface area (TPSA) is 106 Å². The van der Waals surface area contributed by atoms with E-state index in [4.69, 9.17) is 4.74 Å². The fourth-order valence-corrected chi connectivity index (χ4v) is 4.02. The number of aromatic nitrogens is 1. The van der Waals surface area contributed by atoms with E-state index in [9.17, 15) is 20.0 Å². The molecule has 25 heavy (non-hydrogen) atoms. The lowest BCUT2D eigenvalue weighted by Crippen LogP contribution is -2.46. The van der Waals surface area contributed by atoms with Crippen molar-refractivity contribution < 1.29 is 19.6 Å². The van der Waals surface area contributed by atoms with E-state index in [2.05, 4.69) is 4.98 Å². The van der Waals surface area contributed by atoms with E-state index in [-0.39, 0.29) is 22.7 Å². The minimum Gasteiger partial charge on any atom is -0.432 e. The smallest absolute Gasteiger partial charge is 0.293 e. The zero-order valence-electron chi connectivity index (χ0n) is 15.5. The molecule has 0 saturated carbocycles. The van der Waals surface area contributed by atoms with Gasteiger partial charge in [-0.05, 0) is 37.5 Å². The van der Waals surface area contributed by atoms with Crippen molar-refractivity contribution in [1.29, 1.82) is 0 Å². The van der Waals surface area contributed by atoms with Crippen LogP contribution in [-0.4, -0.2) is 40.3 Å². The molecule has 0 amide bonds. The Morgan fingerprint density at radius 3 is 2.64 bits per heavy atom. The highest BCUT2D eigenvalue weighted by atomic mass is 28.4. The molecule has 4 atom stereocenters. The number of hydrogen-bond acceptors (Lipinski definition) is 6. The lowest BCUT2D eigenvalue weighted by Gasteiger charge is -2.44. The predicted molar refractivity (Wildman–Crippen MR) is 96.7 cm³/mol. The second-order valence-corrected chi connectivity index (χ2v) is 12.6. The fourth-order valence-electron chi connectivity index (χ4n) is 3.29. The molecule has 8 heteroatoms. The van der Waals surface area contributed by atoms with E-state index < -0.39 is 25.4 Å². The van der Waals surface area contributed by atoms with Crippen LogP contribution in [0.15, 0.2) is 18.5 Å². The first-order chi connectivity index (χ1) is 11.4. The predicted octanol–water partition coefficient (Wildman–Crippen LogP) is 3.18. The first kappa shape index (κ1) is 20.0. The Bertz CT molecular complexity index is 620. The maximum atomic E-state index is 11.2. The molecule has 2 N–H and O–H groups in total. The average molecular weight is 369 g/mol. The van der Waals surface area contributed by atoms with Gasteiger partial charge in [-0.15, -0.1) is 0 Å². The van der Waals surface area contributed by atoms with Crippen LogP contribution in [0.3, 0.4) is 0 Å². The van der Waals surface area contributed by atoms with Crippen molar-refractivity contribution in [3.8, 4) is 0 Å². The lowest BCUT2D eigenvalue weighted by molar-refractivity contribution is -0.386. The average Bonchev–Trinajstić information content (AvgIpc) is 2.49. The minimum absolute atomic E-state index is 0.0884. The monoisotopic (exact) mass is 368 g/mol. The maximum Gasteiger partial charge on any atom is 0.293 e. The number of nitrogens with zero attached hydrogens (tertiary/aromatic N) is 2. The second kappa shape index (κ2) is 7.11. The number of pyridine rings is 1. The Morgan fingerprint density at radius 2 is 2.12 bits per heavy atom. The van der Waals surface area contributed by atoms with Gasteiger partial charge in [-0.25, -0.2) is 0 Å². The molecular weight excluding hydrogens is 340 g/mol. The lowest BCUT2D eigenvalue weighted by atomic mass is 9.81. The van der Waals surface area contributed by atoms with Crippen LogP contribution in [0.1, 0.15) is 45.3 Å². The molecule has 0 bridgehead atoms. The van der Waals surface area contributed by atoms with Gasteiger partial charge in [0.1, 0.15) is 6.20 Å². The van der Waals surface area contributed by atoms with Crippen LogP contribution in [0.25, 0.3) is 0 Å². The molecule has 2 heterocycles. The number of hydrogen-bond donors (Lipinski definition) is 2. The van der Waals surface area contributed by atoms with Crippen LogP contribution < -0.4 is 0 Å². The van der Waals surface area contributed by atoms with Crippen molar-refractivity contribution >= 4 is 14.0 Å². The molecule has 1 fully saturated rings. The third kappa shape index (κ3) is 4.25. The van der Waals surface area contributed by atoms with Gasteiger partial charge in [0.2, 0.25) is 0 Å². The quantitative estimate of drug-likeness (QED) is 0.470. The molecule has 1 aliphatic rings. The largest absolute Gasteiger partial charge is 0.432 e. The Kier molecular flexibility index (Phi) is 5.67. The van der Waals surface area contributed by atoms with Gasteiger partial charge in [-0.1, -0.05) is 13.8 Å². The molecule has 0 radical (unpaired) electrons. The van der Waals surface area contributed by atoms with Crippen molar-refractivity contribution in [2.75, 3.05) is 0 Å². The van der Waals surface area contributed by atoms with E-state index in [1.807, 2.05) is 33.9 Å². The number of aliphatic hydroxyl groups is 1. The summed E-state index contributed by atoms with van der Waals surface area (Å²) in [7, 11) is -2.40. The molecule has 7 nitrogen and oxygen atoms in total. The van der Waals surface area contributed by atoms with E-state index in [0.717, 1.165) is 0 Å². The van der Waals surface area contributed by atoms with Crippen molar-refractivity contribution in [3.63, 3.8) is 0 Å². The van der Waals surface area contributed by atoms with Gasteiger partial charge < -0.3 is 14.6 Å². The Hall–Kier alpha value is -1.35. The second-order valence-electron chi connectivity index (χ2n) is 8.14. The highest BCUT2D eigenvalue weighted by Crippen LogP contribution is 2.47. The van der Waals surface area contributed by atoms with Crippen LogP contribution in [0, 0.1) is 16.0 Å². The summed E-state index contributed by atoms with van der Waals surface area (Å²) in [6, 6.07) is 1.58. The maximum absolute atomic E-state index is 11.2. The summed E-state index contributed by atoms with van der Waals surface area (Å²) in [5.74, 6) is -0.119. The SMILES string of the molecule is C[C@H]1O[C@@H](c2ccncc2[N+](=O)[O-])C[C@H](O)[C@@H]1CC(C)(C)[Si](C)(C)O. The number of nitro groups is 1. The summed E-state index contributed by atoms with van der Waals surface area (Å²) in [4.78, 5) is 25.1. The molecule has 0 spiro atoms. The molecule has 1 aromatic rings. The normalized spacial score (nSPS) is 28.0. The van der Waals surface area contributed by atoms with Crippen LogP contribution in [0.5, 0.6) is 0 Å². The zero-order valence-corrected chi connectivity index (χ0v) is 16.5. The number of ether oxygens (including phenoxy) is 1. The van der Waals surface area contributed by atoms with Crippen LogP contribution >= 0.6 is 0 Å². The standard InChI is InChI=1S/C17H28N2O5Si/c1-11-13(9-17(2,3)25(4,5)23)15(20)8-16(24-11)12-6-7-18-10-14(12)19(21)22/h6-7,10-11,13,15-16,20,23H,8-9H2,1-5H3/t11-,13-,15+,16-/m1/s1. The zero-order chi connectivity index (χ0) is 19.0. The van der Waals surface area contributed by atoms with E-state index >= 15 is 0 Å². The molecular formula is C17H28N2O5Si. The molecule has 0 aliphatic carbocycles. The molecule has 1 aliphatic heterocycles. The molecule has 0 unspecified atom stereocenters. The molecule has 1 aromatic heterocycles. The Balaban J connectivity index is 2.19. The first-order valence-electron chi connectivity index (χ1n) is 8.58. The first-order valence-corrected chi connectivity index (χ1v) is 11.5. The van der Waals surface area contributed by atoms with Gasteiger partial charge in [0, 0.05) is 18.5 Å². The van der Waals surface area contributed by atoms with Gasteiger partial charge in [0.05, 0.1) is 28.8 Å². The van der Waals surface area contributed by atoms with Gasteiger partial charge in [0.15, 0.2) is 8.32 Å². The minimum atomic E-state index is -2.40. The van der Waals surface area contributed by atoms with Crippen molar-refractivity contribution in [1.82, 2.24) is 4.98 Å². The Morgan fingerprint density at radius 1 is 1.48 bits per heavy atom. The van der Waals surface area contributed by atoms with E-state index in [1.165, 1.54) is 12.4 Å². The summed E-state index contributed by atoms with van der Waals surface area (Å²) >= 11 is 0. The third-order valence-electron chi connectivity index (χ3n) is 5.71. The van der Waals surface area contributed by atoms with E-state index in [1.54, 1.807) is 6.07 Å². The van der Waals surface area contributed by atoms with Gasteiger partial charge in [-0.3, -0.25) is 15.1 Å². The number of rotatable bonds is 5. The highest BCUT2D eigenvalue weighted by molar-refractivity contribution is 6.72. The van der Waals surface area contributed by atoms with E-state index in [0.29, 0.717) is 18.4 Å². The summed E-state index contributed by atoms with van der Waals surface area (Å²) in [5, 5.41) is 21.6. The van der Waals surface area contributed by atoms with Crippen LogP contribution in [0.2, 0.25) is 18.1 Å². The van der Waals surface area contributed by atoms with Crippen LogP contribution in [-0.2, 0) is 4.74 Å². The molecule has 140 valence electrons. The highest BCUT2D eigenvalue weighted by Gasteiger charge is 2.45. The van der Waals surface area contributed by atoms with Crippen LogP contribution in [0.4, 0.5) is 5.69 Å². The van der Waals surface area contributed by atoms with Gasteiger partial charge >= 0.3 is 0 Å². The molecule has 1 saturated heterocycles. The summed E-state index contributed by atoms with van der Waals surface area (Å²) in [6.07, 6.45) is 2.21. The number of aliphatic hydroxyl groups excluding tert-OH is 1. The van der Waals surface area contributed by atoms with Crippen molar-refractivity contribution in [2.24, 2.45) is 5.92 Å². The van der Waals surface area contributed by atoms with Gasteiger partial charge in [-0.2, -0.15) is 0 Å². The third-order valence-corrected chi connectivity index (χ3v) is 9.23. The van der Waals surface area contributed by atoms with Crippen molar-refractivity contribution in [3.05, 3.63) is 34.1 Å². The fraction of sp³-hybridized carbons (Fsp3) is 0.706. The summed E-state index contributed by atoms with van der Waals surface area (Å²) < 4.78 is 6.05. The molecule has 2 rings (SSSR count). The summed E-state index contributed by atoms with van der Waals surface area (Å²) in [6.45, 7) is 9.74. The Labute approximate surface area is 149 Å².